The molecule has 0 heterocycles. The Bertz CT molecular complexity index is 658. The largest absolute Gasteiger partial charge is 0.497 e. The number of nitrogens with two attached hydrogens (primary N) is 1. The Labute approximate surface area is 185 Å². The summed E-state index contributed by atoms with van der Waals surface area (Å²) >= 11 is 0. The van der Waals surface area contributed by atoms with E-state index in [0.29, 0.717) is 18.6 Å². The van der Waals surface area contributed by atoms with E-state index in [9.17, 15) is 19.6 Å². The minimum atomic E-state index is -1.68. The first-order valence-electron chi connectivity index (χ1n) is 9.90. The lowest BCUT2D eigenvalue weighted by molar-refractivity contribution is -0.130. The SMILES string of the molecule is COc1ccc(C[C@H](N)C(=O)N[C@H](C(=O)N[C@@H](CC(C)C)B(O)O)C(C)C)cc1.Cl. The molecule has 3 atom stereocenters. The third-order valence-corrected chi connectivity index (χ3v) is 4.61. The number of hydrogen-bond donors (Lipinski definition) is 5. The van der Waals surface area contributed by atoms with Crippen LogP contribution in [-0.2, 0) is 16.0 Å². The quantitative estimate of drug-likeness (QED) is 0.319. The first kappa shape index (κ1) is 28.2. The molecule has 0 spiro atoms. The van der Waals surface area contributed by atoms with Gasteiger partial charge in [-0.15, -0.1) is 12.4 Å². The van der Waals surface area contributed by atoms with Crippen LogP contribution in [0.25, 0.3) is 0 Å². The van der Waals surface area contributed by atoms with E-state index >= 15 is 0 Å². The number of benzene rings is 1. The van der Waals surface area contributed by atoms with E-state index in [-0.39, 0.29) is 24.2 Å². The van der Waals surface area contributed by atoms with Crippen molar-refractivity contribution in [3.05, 3.63) is 29.8 Å². The molecule has 0 fully saturated rings. The van der Waals surface area contributed by atoms with Gasteiger partial charge in [0, 0.05) is 0 Å². The number of ether oxygens (including phenoxy) is 1. The van der Waals surface area contributed by atoms with E-state index in [4.69, 9.17) is 10.5 Å². The molecule has 0 unspecified atom stereocenters. The van der Waals surface area contributed by atoms with Crippen molar-refractivity contribution < 1.29 is 24.4 Å². The molecule has 1 aromatic rings. The van der Waals surface area contributed by atoms with Gasteiger partial charge in [0.15, 0.2) is 0 Å². The second kappa shape index (κ2) is 13.5. The summed E-state index contributed by atoms with van der Waals surface area (Å²) < 4.78 is 5.11. The first-order valence-corrected chi connectivity index (χ1v) is 9.90. The smallest absolute Gasteiger partial charge is 0.475 e. The Hall–Kier alpha value is -1.81. The second-order valence-corrected chi connectivity index (χ2v) is 8.05. The maximum absolute atomic E-state index is 12.7. The number of amides is 2. The van der Waals surface area contributed by atoms with Gasteiger partial charge in [0.25, 0.3) is 0 Å². The van der Waals surface area contributed by atoms with Crippen molar-refractivity contribution in [2.45, 2.75) is 58.6 Å². The van der Waals surface area contributed by atoms with Gasteiger partial charge in [0.05, 0.1) is 19.1 Å². The van der Waals surface area contributed by atoms with Crippen molar-refractivity contribution >= 4 is 31.3 Å². The standard InChI is InChI=1S/C20H34BN3O5.ClH/c1-12(2)10-17(21(27)28)23-20(26)18(13(3)4)24-19(25)16(22)11-14-6-8-15(29-5)9-7-14;/h6-9,12-13,16-18,27-28H,10-11,22H2,1-5H3,(H,23,26)(H,24,25);1H/t16-,17-,18-;/m0./s1. The fourth-order valence-corrected chi connectivity index (χ4v) is 2.94. The Balaban J connectivity index is 0.00000841. The summed E-state index contributed by atoms with van der Waals surface area (Å²) in [6, 6.07) is 5.58. The van der Waals surface area contributed by atoms with E-state index in [1.54, 1.807) is 33.1 Å². The van der Waals surface area contributed by atoms with Crippen LogP contribution in [0, 0.1) is 11.8 Å². The summed E-state index contributed by atoms with van der Waals surface area (Å²) in [6.07, 6.45) is 0.715. The molecule has 0 aliphatic rings. The molecule has 0 saturated heterocycles. The maximum atomic E-state index is 12.7. The Morgan fingerprint density at radius 3 is 2.07 bits per heavy atom. The molecule has 2 amide bonds. The fourth-order valence-electron chi connectivity index (χ4n) is 2.94. The van der Waals surface area contributed by atoms with Gasteiger partial charge >= 0.3 is 7.12 Å². The molecule has 10 heteroatoms. The zero-order valence-corrected chi connectivity index (χ0v) is 19.1. The van der Waals surface area contributed by atoms with Crippen molar-refractivity contribution in [3.63, 3.8) is 0 Å². The molecule has 170 valence electrons. The van der Waals surface area contributed by atoms with Crippen LogP contribution in [0.2, 0.25) is 0 Å². The molecular weight excluding hydrogens is 409 g/mol. The summed E-state index contributed by atoms with van der Waals surface area (Å²) in [5.74, 6) is -1.06. The molecule has 1 rings (SSSR count). The fraction of sp³-hybridized carbons (Fsp3) is 0.600. The molecule has 0 saturated carbocycles. The average Bonchev–Trinajstić information content (AvgIpc) is 2.64. The second-order valence-electron chi connectivity index (χ2n) is 8.05. The lowest BCUT2D eigenvalue weighted by Crippen LogP contribution is -2.58. The lowest BCUT2D eigenvalue weighted by atomic mass is 9.75. The van der Waals surface area contributed by atoms with Gasteiger partial charge in [-0.25, -0.2) is 0 Å². The van der Waals surface area contributed by atoms with Crippen LogP contribution < -0.4 is 21.1 Å². The van der Waals surface area contributed by atoms with Crippen LogP contribution in [0.15, 0.2) is 24.3 Å². The minimum absolute atomic E-state index is 0. The number of hydrogen-bond acceptors (Lipinski definition) is 6. The summed E-state index contributed by atoms with van der Waals surface area (Å²) in [7, 11) is -0.102. The van der Waals surface area contributed by atoms with E-state index in [0.717, 1.165) is 5.56 Å². The summed E-state index contributed by atoms with van der Waals surface area (Å²) in [4.78, 5) is 25.2. The van der Waals surface area contributed by atoms with Crippen molar-refractivity contribution in [2.24, 2.45) is 17.6 Å². The van der Waals surface area contributed by atoms with Crippen LogP contribution in [0.5, 0.6) is 5.75 Å². The molecule has 6 N–H and O–H groups in total. The Kier molecular flexibility index (Phi) is 12.7. The average molecular weight is 444 g/mol. The van der Waals surface area contributed by atoms with Crippen LogP contribution in [0.1, 0.15) is 39.7 Å². The van der Waals surface area contributed by atoms with Crippen LogP contribution in [0.3, 0.4) is 0 Å². The normalized spacial score (nSPS) is 13.8. The molecule has 0 aliphatic heterocycles. The van der Waals surface area contributed by atoms with Crippen molar-refractivity contribution in [3.8, 4) is 5.75 Å². The summed E-state index contributed by atoms with van der Waals surface area (Å²) in [6.45, 7) is 7.43. The first-order chi connectivity index (χ1) is 13.5. The maximum Gasteiger partial charge on any atom is 0.475 e. The molecule has 30 heavy (non-hydrogen) atoms. The van der Waals surface area contributed by atoms with Gasteiger partial charge in [0.1, 0.15) is 11.8 Å². The predicted molar refractivity (Wildman–Crippen MR) is 120 cm³/mol. The number of carbonyl (C=O) groups excluding carboxylic acids is 2. The van der Waals surface area contributed by atoms with Crippen LogP contribution in [-0.4, -0.2) is 54.1 Å². The van der Waals surface area contributed by atoms with Gasteiger partial charge in [-0.2, -0.15) is 0 Å². The molecule has 8 nitrogen and oxygen atoms in total. The molecule has 1 aromatic carbocycles. The van der Waals surface area contributed by atoms with E-state index < -0.39 is 37.0 Å². The topological polar surface area (TPSA) is 134 Å². The highest BCUT2D eigenvalue weighted by atomic mass is 35.5. The lowest BCUT2D eigenvalue weighted by Gasteiger charge is -2.27. The van der Waals surface area contributed by atoms with Gasteiger partial charge in [0.2, 0.25) is 11.8 Å². The van der Waals surface area contributed by atoms with E-state index in [1.165, 1.54) is 0 Å². The zero-order valence-electron chi connectivity index (χ0n) is 18.3. The number of rotatable bonds is 11. The summed E-state index contributed by atoms with van der Waals surface area (Å²) in [5.41, 5.74) is 6.90. The van der Waals surface area contributed by atoms with Crippen molar-refractivity contribution in [1.29, 1.82) is 0 Å². The highest BCUT2D eigenvalue weighted by Crippen LogP contribution is 2.13. The van der Waals surface area contributed by atoms with Crippen LogP contribution in [0.4, 0.5) is 0 Å². The number of halogens is 1. The van der Waals surface area contributed by atoms with Crippen molar-refractivity contribution in [1.82, 2.24) is 10.6 Å². The Morgan fingerprint density at radius 2 is 1.63 bits per heavy atom. The monoisotopic (exact) mass is 443 g/mol. The van der Waals surface area contributed by atoms with Gasteiger partial charge in [-0.1, -0.05) is 39.8 Å². The van der Waals surface area contributed by atoms with Gasteiger partial charge in [-0.05, 0) is 42.4 Å². The highest BCUT2D eigenvalue weighted by molar-refractivity contribution is 6.43. The summed E-state index contributed by atoms with van der Waals surface area (Å²) in [5, 5.41) is 24.4. The minimum Gasteiger partial charge on any atom is -0.497 e. The van der Waals surface area contributed by atoms with Gasteiger partial charge < -0.3 is 31.2 Å². The molecule has 0 aromatic heterocycles. The zero-order chi connectivity index (χ0) is 22.1. The number of methoxy groups -OCH3 is 1. The number of carbonyl (C=O) groups is 2. The van der Waals surface area contributed by atoms with E-state index in [1.807, 2.05) is 26.0 Å². The third kappa shape index (κ3) is 9.34. The van der Waals surface area contributed by atoms with Crippen LogP contribution >= 0.6 is 12.4 Å². The van der Waals surface area contributed by atoms with E-state index in [2.05, 4.69) is 10.6 Å². The number of nitrogens with one attached hydrogen (secondary N) is 2. The third-order valence-electron chi connectivity index (χ3n) is 4.61. The molecule has 0 aliphatic carbocycles. The highest BCUT2D eigenvalue weighted by Gasteiger charge is 2.32. The molecule has 0 radical (unpaired) electrons. The molecule has 0 bridgehead atoms. The Morgan fingerprint density at radius 1 is 1.07 bits per heavy atom. The van der Waals surface area contributed by atoms with Gasteiger partial charge in [-0.3, -0.25) is 9.59 Å². The van der Waals surface area contributed by atoms with Crippen molar-refractivity contribution in [2.75, 3.05) is 7.11 Å². The predicted octanol–water partition coefficient (Wildman–Crippen LogP) is 0.671. The molecular formula is C20H35BClN3O5.